The van der Waals surface area contributed by atoms with Crippen LogP contribution in [0.4, 0.5) is 5.69 Å². The number of rotatable bonds is 10. The van der Waals surface area contributed by atoms with Crippen molar-refractivity contribution in [3.63, 3.8) is 0 Å². The molecule has 0 aliphatic heterocycles. The van der Waals surface area contributed by atoms with Crippen LogP contribution in [0.1, 0.15) is 32.3 Å². The summed E-state index contributed by atoms with van der Waals surface area (Å²) in [4.78, 5) is 11.9. The van der Waals surface area contributed by atoms with Crippen molar-refractivity contribution in [2.24, 2.45) is 0 Å². The molecule has 0 heterocycles. The summed E-state index contributed by atoms with van der Waals surface area (Å²) in [7, 11) is -3.52. The quantitative estimate of drug-likeness (QED) is 0.608. The van der Waals surface area contributed by atoms with Gasteiger partial charge < -0.3 is 10.1 Å². The molecule has 1 amide bonds. The Morgan fingerprint density at radius 2 is 1.83 bits per heavy atom. The summed E-state index contributed by atoms with van der Waals surface area (Å²) in [5, 5.41) is 3.37. The van der Waals surface area contributed by atoms with Gasteiger partial charge in [0.2, 0.25) is 10.0 Å². The fraction of sp³-hybridized carbons (Fsp3) is 0.381. The predicted molar refractivity (Wildman–Crippen MR) is 117 cm³/mol. The molecular weight excluding hydrogens is 412 g/mol. The Bertz CT molecular complexity index is 917. The van der Waals surface area contributed by atoms with Gasteiger partial charge in [-0.1, -0.05) is 43.1 Å². The third kappa shape index (κ3) is 7.25. The van der Waals surface area contributed by atoms with Crippen molar-refractivity contribution in [3.8, 4) is 5.75 Å². The first-order valence-corrected chi connectivity index (χ1v) is 11.7. The number of nitrogens with one attached hydrogen (secondary N) is 1. The first-order chi connectivity index (χ1) is 13.7. The number of hydrogen-bond donors (Lipinski definition) is 1. The Hall–Kier alpha value is -2.25. The summed E-state index contributed by atoms with van der Waals surface area (Å²) >= 11 is 6.18. The van der Waals surface area contributed by atoms with E-state index in [0.717, 1.165) is 19.1 Å². The van der Waals surface area contributed by atoms with Crippen molar-refractivity contribution < 1.29 is 17.9 Å². The minimum atomic E-state index is -3.52. The maximum atomic E-state index is 12.3. The molecule has 2 rings (SSSR count). The smallest absolute Gasteiger partial charge is 0.258 e. The van der Waals surface area contributed by atoms with Gasteiger partial charge in [0.25, 0.3) is 5.91 Å². The summed E-state index contributed by atoms with van der Waals surface area (Å²) in [5.41, 5.74) is 1.19. The lowest BCUT2D eigenvalue weighted by molar-refractivity contribution is -0.123. The highest BCUT2D eigenvalue weighted by atomic mass is 35.5. The van der Waals surface area contributed by atoms with Crippen LogP contribution in [0.5, 0.6) is 5.75 Å². The van der Waals surface area contributed by atoms with E-state index in [1.165, 1.54) is 4.31 Å². The number of carbonyl (C=O) groups is 1. The first kappa shape index (κ1) is 23.0. The molecule has 1 atom stereocenters. The number of nitrogens with zero attached hydrogens (tertiary/aromatic N) is 1. The van der Waals surface area contributed by atoms with E-state index < -0.39 is 10.0 Å². The fourth-order valence-electron chi connectivity index (χ4n) is 2.86. The van der Waals surface area contributed by atoms with Crippen LogP contribution in [-0.2, 0) is 21.4 Å². The summed E-state index contributed by atoms with van der Waals surface area (Å²) in [6.45, 7) is 4.04. The van der Waals surface area contributed by atoms with Crippen LogP contribution in [-0.4, -0.2) is 33.2 Å². The van der Waals surface area contributed by atoms with Gasteiger partial charge in [-0.2, -0.15) is 0 Å². The van der Waals surface area contributed by atoms with Crippen LogP contribution in [0.15, 0.2) is 48.5 Å². The van der Waals surface area contributed by atoms with Crippen LogP contribution in [0.25, 0.3) is 0 Å². The van der Waals surface area contributed by atoms with E-state index >= 15 is 0 Å². The van der Waals surface area contributed by atoms with E-state index in [-0.39, 0.29) is 25.1 Å². The van der Waals surface area contributed by atoms with Crippen molar-refractivity contribution >= 4 is 33.2 Å². The Balaban J connectivity index is 2.06. The minimum absolute atomic E-state index is 0.0944. The number of hydrogen-bond acceptors (Lipinski definition) is 4. The Kier molecular flexibility index (Phi) is 8.34. The van der Waals surface area contributed by atoms with Crippen molar-refractivity contribution in [2.45, 2.75) is 39.3 Å². The van der Waals surface area contributed by atoms with Crippen molar-refractivity contribution in [3.05, 3.63) is 59.1 Å². The number of amides is 1. The van der Waals surface area contributed by atoms with E-state index in [9.17, 15) is 13.2 Å². The van der Waals surface area contributed by atoms with E-state index in [2.05, 4.69) is 12.2 Å². The van der Waals surface area contributed by atoms with Gasteiger partial charge in [-0.25, -0.2) is 8.42 Å². The lowest BCUT2D eigenvalue weighted by Crippen LogP contribution is -2.35. The highest BCUT2D eigenvalue weighted by Gasteiger charge is 2.19. The molecule has 0 aromatic heterocycles. The van der Waals surface area contributed by atoms with E-state index in [1.807, 2.05) is 13.0 Å². The Labute approximate surface area is 177 Å². The summed E-state index contributed by atoms with van der Waals surface area (Å²) in [5.74, 6) is 0.296. The normalized spacial score (nSPS) is 12.3. The second-order valence-corrected chi connectivity index (χ2v) is 9.21. The highest BCUT2D eigenvalue weighted by molar-refractivity contribution is 7.92. The molecule has 1 N–H and O–H groups in total. The maximum absolute atomic E-state index is 12.3. The van der Waals surface area contributed by atoms with Crippen molar-refractivity contribution in [1.82, 2.24) is 5.32 Å². The largest absolute Gasteiger partial charge is 0.484 e. The molecule has 29 heavy (non-hydrogen) atoms. The van der Waals surface area contributed by atoms with Crippen molar-refractivity contribution in [2.75, 3.05) is 17.2 Å². The topological polar surface area (TPSA) is 75.7 Å². The van der Waals surface area contributed by atoms with Gasteiger partial charge in [0.15, 0.2) is 6.61 Å². The molecule has 0 aliphatic carbocycles. The maximum Gasteiger partial charge on any atom is 0.258 e. The lowest BCUT2D eigenvalue weighted by atomic mass is 10.2. The molecule has 0 bridgehead atoms. The van der Waals surface area contributed by atoms with Gasteiger partial charge in [0, 0.05) is 11.1 Å². The molecule has 0 saturated carbocycles. The highest BCUT2D eigenvalue weighted by Crippen LogP contribution is 2.26. The number of benzene rings is 2. The molecule has 0 radical (unpaired) electrons. The molecule has 2 aromatic carbocycles. The second-order valence-electron chi connectivity index (χ2n) is 6.90. The summed E-state index contributed by atoms with van der Waals surface area (Å²) < 4.78 is 31.4. The summed E-state index contributed by atoms with van der Waals surface area (Å²) in [6, 6.07) is 13.8. The minimum Gasteiger partial charge on any atom is -0.484 e. The number of ether oxygens (including phenoxy) is 1. The van der Waals surface area contributed by atoms with Gasteiger partial charge >= 0.3 is 0 Å². The second kappa shape index (κ2) is 10.5. The van der Waals surface area contributed by atoms with Gasteiger partial charge in [-0.3, -0.25) is 9.10 Å². The monoisotopic (exact) mass is 438 g/mol. The Morgan fingerprint density at radius 3 is 2.41 bits per heavy atom. The molecule has 0 unspecified atom stereocenters. The third-order valence-corrected chi connectivity index (χ3v) is 5.81. The van der Waals surface area contributed by atoms with Crippen LogP contribution in [0.3, 0.4) is 0 Å². The zero-order valence-corrected chi connectivity index (χ0v) is 18.5. The average molecular weight is 439 g/mol. The fourth-order valence-corrected chi connectivity index (χ4v) is 3.93. The third-order valence-electron chi connectivity index (χ3n) is 4.30. The number of sulfonamides is 1. The van der Waals surface area contributed by atoms with E-state index in [0.29, 0.717) is 22.0 Å². The molecule has 2 aromatic rings. The predicted octanol–water partition coefficient (Wildman–Crippen LogP) is 3.99. The molecule has 6 nitrogen and oxygen atoms in total. The standard InChI is InChI=1S/C21H27ClN2O4S/c1-4-7-16(2)23-21(25)15-28-19-12-10-18(11-13-19)24(29(3,26)27)14-17-8-5-6-9-20(17)22/h5-6,8-13,16H,4,7,14-15H2,1-3H3,(H,23,25)/t16-/m1/s1. The SMILES string of the molecule is CCC[C@@H](C)NC(=O)COc1ccc(N(Cc2ccccc2Cl)S(C)(=O)=O)cc1. The molecule has 0 saturated heterocycles. The number of halogens is 1. The van der Waals surface area contributed by atoms with Gasteiger partial charge in [0.05, 0.1) is 18.5 Å². The van der Waals surface area contributed by atoms with Crippen LogP contribution >= 0.6 is 11.6 Å². The van der Waals surface area contributed by atoms with Gasteiger partial charge in [-0.15, -0.1) is 0 Å². The molecule has 0 spiro atoms. The Morgan fingerprint density at radius 1 is 1.17 bits per heavy atom. The summed E-state index contributed by atoms with van der Waals surface area (Å²) in [6.07, 6.45) is 3.05. The lowest BCUT2D eigenvalue weighted by Gasteiger charge is -2.23. The van der Waals surface area contributed by atoms with E-state index in [1.54, 1.807) is 42.5 Å². The number of carbonyl (C=O) groups excluding carboxylic acids is 1. The number of anilines is 1. The van der Waals surface area contributed by atoms with Gasteiger partial charge in [-0.05, 0) is 49.2 Å². The zero-order valence-electron chi connectivity index (χ0n) is 16.9. The zero-order chi connectivity index (χ0) is 21.4. The molecule has 158 valence electrons. The molecular formula is C21H27ClN2O4S. The molecule has 0 aliphatic rings. The first-order valence-electron chi connectivity index (χ1n) is 9.44. The van der Waals surface area contributed by atoms with Crippen LogP contribution in [0.2, 0.25) is 5.02 Å². The average Bonchev–Trinajstić information content (AvgIpc) is 2.65. The van der Waals surface area contributed by atoms with Crippen LogP contribution < -0.4 is 14.4 Å². The van der Waals surface area contributed by atoms with Gasteiger partial charge in [0.1, 0.15) is 5.75 Å². The van der Waals surface area contributed by atoms with Crippen molar-refractivity contribution in [1.29, 1.82) is 0 Å². The molecule has 8 heteroatoms. The van der Waals surface area contributed by atoms with E-state index in [4.69, 9.17) is 16.3 Å². The van der Waals surface area contributed by atoms with Crippen LogP contribution in [0, 0.1) is 0 Å². The molecule has 0 fully saturated rings.